The molecule has 1 aromatic heterocycles. The molecule has 2 atom stereocenters. The fourth-order valence-electron chi connectivity index (χ4n) is 3.97. The number of carbonyl (C=O) groups is 2. The average molecular weight is 383 g/mol. The Morgan fingerprint density at radius 2 is 1.85 bits per heavy atom. The van der Waals surface area contributed by atoms with Gasteiger partial charge in [-0.25, -0.2) is 4.79 Å². The molecule has 138 valence electrons. The number of halogens is 1. The largest absolute Gasteiger partial charge is 0.467 e. The maximum Gasteiger partial charge on any atom is 0.328 e. The number of nitrogens with zero attached hydrogens (tertiary/aromatic N) is 1. The van der Waals surface area contributed by atoms with Gasteiger partial charge in [0.15, 0.2) is 0 Å². The number of aromatic nitrogens is 1. The lowest BCUT2D eigenvalue weighted by molar-refractivity contribution is -0.154. The number of methoxy groups -OCH3 is 1. The standard InChI is InChI=1S/C21H19ClN2O3/c1-27-21(26)17-11-15-14-9-5-6-10-16(14)23-19(15)20(24(17)18(25)12-22)13-7-3-2-4-8-13/h2-10,17,20,23H,11-12H2,1H3. The lowest BCUT2D eigenvalue weighted by Crippen LogP contribution is -2.52. The second-order valence-corrected chi connectivity index (χ2v) is 6.82. The first-order chi connectivity index (χ1) is 13.2. The number of ether oxygens (including phenoxy) is 1. The fourth-order valence-corrected chi connectivity index (χ4v) is 4.11. The Labute approximate surface area is 161 Å². The van der Waals surface area contributed by atoms with E-state index in [0.717, 1.165) is 27.7 Å². The number of amides is 1. The highest BCUT2D eigenvalue weighted by Gasteiger charge is 2.43. The van der Waals surface area contributed by atoms with Gasteiger partial charge in [-0.2, -0.15) is 0 Å². The van der Waals surface area contributed by atoms with Gasteiger partial charge in [-0.05, 0) is 17.2 Å². The number of hydrogen-bond acceptors (Lipinski definition) is 3. The predicted octanol–water partition coefficient (Wildman–Crippen LogP) is 3.42. The number of benzene rings is 2. The Balaban J connectivity index is 1.98. The number of para-hydroxylation sites is 1. The van der Waals surface area contributed by atoms with E-state index in [9.17, 15) is 9.59 Å². The third kappa shape index (κ3) is 2.88. The fraction of sp³-hybridized carbons (Fsp3) is 0.238. The quantitative estimate of drug-likeness (QED) is 0.557. The van der Waals surface area contributed by atoms with Crippen molar-refractivity contribution < 1.29 is 14.3 Å². The van der Waals surface area contributed by atoms with E-state index >= 15 is 0 Å². The molecule has 2 unspecified atom stereocenters. The lowest BCUT2D eigenvalue weighted by atomic mass is 9.88. The molecule has 1 amide bonds. The van der Waals surface area contributed by atoms with Gasteiger partial charge < -0.3 is 14.6 Å². The summed E-state index contributed by atoms with van der Waals surface area (Å²) in [5, 5.41) is 1.06. The third-order valence-corrected chi connectivity index (χ3v) is 5.35. The SMILES string of the molecule is COC(=O)C1Cc2c([nH]c3ccccc23)C(c2ccccc2)N1C(=O)CCl. The summed E-state index contributed by atoms with van der Waals surface area (Å²) in [6.45, 7) is 0. The number of fused-ring (bicyclic) bond motifs is 3. The monoisotopic (exact) mass is 382 g/mol. The van der Waals surface area contributed by atoms with Crippen LogP contribution in [0.2, 0.25) is 0 Å². The summed E-state index contributed by atoms with van der Waals surface area (Å²) in [5.41, 5.74) is 3.85. The van der Waals surface area contributed by atoms with E-state index in [1.54, 1.807) is 4.90 Å². The highest BCUT2D eigenvalue weighted by atomic mass is 35.5. The predicted molar refractivity (Wildman–Crippen MR) is 104 cm³/mol. The van der Waals surface area contributed by atoms with Gasteiger partial charge in [0.1, 0.15) is 11.9 Å². The molecule has 0 bridgehead atoms. The Morgan fingerprint density at radius 1 is 1.15 bits per heavy atom. The Bertz CT molecular complexity index is 999. The molecule has 0 saturated heterocycles. The molecule has 0 aliphatic carbocycles. The number of H-pyrrole nitrogens is 1. The molecule has 3 aromatic rings. The highest BCUT2D eigenvalue weighted by Crippen LogP contribution is 2.41. The lowest BCUT2D eigenvalue weighted by Gasteiger charge is -2.40. The third-order valence-electron chi connectivity index (χ3n) is 5.12. The van der Waals surface area contributed by atoms with Crippen molar-refractivity contribution in [3.05, 3.63) is 71.4 Å². The van der Waals surface area contributed by atoms with Crippen LogP contribution in [0.1, 0.15) is 22.9 Å². The van der Waals surface area contributed by atoms with Gasteiger partial charge in [-0.3, -0.25) is 4.79 Å². The number of carbonyl (C=O) groups excluding carboxylic acids is 2. The van der Waals surface area contributed by atoms with E-state index in [-0.39, 0.29) is 11.8 Å². The summed E-state index contributed by atoms with van der Waals surface area (Å²) >= 11 is 5.90. The smallest absolute Gasteiger partial charge is 0.328 e. The van der Waals surface area contributed by atoms with Crippen LogP contribution in [-0.4, -0.2) is 40.8 Å². The van der Waals surface area contributed by atoms with E-state index in [0.29, 0.717) is 6.42 Å². The zero-order valence-electron chi connectivity index (χ0n) is 14.8. The first-order valence-electron chi connectivity index (χ1n) is 8.75. The van der Waals surface area contributed by atoms with Gasteiger partial charge in [-0.1, -0.05) is 48.5 Å². The summed E-state index contributed by atoms with van der Waals surface area (Å²) < 4.78 is 5.02. The molecule has 1 aliphatic heterocycles. The molecule has 4 rings (SSSR count). The number of nitrogens with one attached hydrogen (secondary N) is 1. The minimum Gasteiger partial charge on any atom is -0.467 e. The minimum absolute atomic E-state index is 0.202. The van der Waals surface area contributed by atoms with Crippen molar-refractivity contribution in [2.75, 3.05) is 13.0 Å². The van der Waals surface area contributed by atoms with E-state index in [1.165, 1.54) is 7.11 Å². The number of aromatic amines is 1. The maximum absolute atomic E-state index is 12.8. The summed E-state index contributed by atoms with van der Waals surface area (Å²) in [7, 11) is 1.34. The van der Waals surface area contributed by atoms with Gasteiger partial charge in [0.25, 0.3) is 0 Å². The second kappa shape index (κ2) is 7.08. The van der Waals surface area contributed by atoms with Crippen molar-refractivity contribution in [3.63, 3.8) is 0 Å². The van der Waals surface area contributed by atoms with Gasteiger partial charge in [0.05, 0.1) is 13.2 Å². The molecule has 0 spiro atoms. The van der Waals surface area contributed by atoms with Crippen LogP contribution >= 0.6 is 11.6 Å². The second-order valence-electron chi connectivity index (χ2n) is 6.55. The molecule has 0 saturated carbocycles. The average Bonchev–Trinajstić information content (AvgIpc) is 3.10. The van der Waals surface area contributed by atoms with Crippen molar-refractivity contribution >= 4 is 34.4 Å². The first kappa shape index (κ1) is 17.6. The molecular formula is C21H19ClN2O3. The van der Waals surface area contributed by atoms with Crippen LogP contribution in [0.3, 0.4) is 0 Å². The summed E-state index contributed by atoms with van der Waals surface area (Å²) in [6.07, 6.45) is 0.387. The summed E-state index contributed by atoms with van der Waals surface area (Å²) in [6, 6.07) is 16.5. The van der Waals surface area contributed by atoms with Crippen LogP contribution < -0.4 is 0 Å². The topological polar surface area (TPSA) is 62.4 Å². The van der Waals surface area contributed by atoms with Crippen LogP contribution in [0.4, 0.5) is 0 Å². The van der Waals surface area contributed by atoms with Gasteiger partial charge in [0.2, 0.25) is 5.91 Å². The number of alkyl halides is 1. The molecule has 5 nitrogen and oxygen atoms in total. The molecule has 2 aromatic carbocycles. The van der Waals surface area contributed by atoms with Crippen LogP contribution in [0.15, 0.2) is 54.6 Å². The zero-order chi connectivity index (χ0) is 19.0. The highest BCUT2D eigenvalue weighted by molar-refractivity contribution is 6.27. The van der Waals surface area contributed by atoms with Crippen LogP contribution in [-0.2, 0) is 20.7 Å². The van der Waals surface area contributed by atoms with Crippen molar-refractivity contribution in [2.24, 2.45) is 0 Å². The van der Waals surface area contributed by atoms with Crippen LogP contribution in [0, 0.1) is 0 Å². The Morgan fingerprint density at radius 3 is 2.56 bits per heavy atom. The van der Waals surface area contributed by atoms with E-state index in [1.807, 2.05) is 54.6 Å². The molecule has 27 heavy (non-hydrogen) atoms. The molecule has 0 fully saturated rings. The maximum atomic E-state index is 12.8. The van der Waals surface area contributed by atoms with E-state index in [2.05, 4.69) is 4.98 Å². The summed E-state index contributed by atoms with van der Waals surface area (Å²) in [5.74, 6) is -0.942. The number of esters is 1. The molecule has 1 N–H and O–H groups in total. The van der Waals surface area contributed by atoms with E-state index < -0.39 is 18.1 Å². The van der Waals surface area contributed by atoms with Crippen LogP contribution in [0.5, 0.6) is 0 Å². The molecule has 6 heteroatoms. The summed E-state index contributed by atoms with van der Waals surface area (Å²) in [4.78, 5) is 30.4. The van der Waals surface area contributed by atoms with Crippen molar-refractivity contribution in [2.45, 2.75) is 18.5 Å². The minimum atomic E-state index is -0.724. The van der Waals surface area contributed by atoms with Gasteiger partial charge in [-0.15, -0.1) is 11.6 Å². The normalized spacial score (nSPS) is 19.0. The van der Waals surface area contributed by atoms with Gasteiger partial charge >= 0.3 is 5.97 Å². The van der Waals surface area contributed by atoms with Crippen molar-refractivity contribution in [1.82, 2.24) is 9.88 Å². The molecule has 0 radical (unpaired) electrons. The van der Waals surface area contributed by atoms with Crippen molar-refractivity contribution in [1.29, 1.82) is 0 Å². The molecular weight excluding hydrogens is 364 g/mol. The number of rotatable bonds is 3. The van der Waals surface area contributed by atoms with Crippen LogP contribution in [0.25, 0.3) is 10.9 Å². The Kier molecular flexibility index (Phi) is 4.62. The Hall–Kier alpha value is -2.79. The van der Waals surface area contributed by atoms with Gasteiger partial charge in [0, 0.05) is 23.0 Å². The zero-order valence-corrected chi connectivity index (χ0v) is 15.6. The first-order valence-corrected chi connectivity index (χ1v) is 9.28. The number of hydrogen-bond donors (Lipinski definition) is 1. The van der Waals surface area contributed by atoms with E-state index in [4.69, 9.17) is 16.3 Å². The molecule has 1 aliphatic rings. The molecule has 2 heterocycles. The van der Waals surface area contributed by atoms with Crippen molar-refractivity contribution in [3.8, 4) is 0 Å².